The van der Waals surface area contributed by atoms with Crippen molar-refractivity contribution in [2.45, 2.75) is 0 Å². The highest BCUT2D eigenvalue weighted by molar-refractivity contribution is 6.37. The molecule has 0 radical (unpaired) electrons. The Kier molecular flexibility index (Phi) is 4.52. The first kappa shape index (κ1) is 14.7. The van der Waals surface area contributed by atoms with Gasteiger partial charge in [-0.2, -0.15) is 0 Å². The third kappa shape index (κ3) is 3.05. The van der Waals surface area contributed by atoms with Crippen molar-refractivity contribution in [1.29, 1.82) is 0 Å². The summed E-state index contributed by atoms with van der Waals surface area (Å²) in [5.41, 5.74) is 0.502. The quantitative estimate of drug-likeness (QED) is 0.882. The minimum atomic E-state index is -0.476. The summed E-state index contributed by atoms with van der Waals surface area (Å²) in [7, 11) is 3.10. The van der Waals surface area contributed by atoms with E-state index in [9.17, 15) is 4.39 Å². The zero-order chi connectivity index (χ0) is 14.7. The van der Waals surface area contributed by atoms with Crippen molar-refractivity contribution in [3.05, 3.63) is 40.1 Å². The minimum absolute atomic E-state index is 0.168. The van der Waals surface area contributed by atoms with Gasteiger partial charge in [-0.15, -0.1) is 0 Å². The second-order valence-corrected chi connectivity index (χ2v) is 4.69. The Balaban J connectivity index is 2.32. The van der Waals surface area contributed by atoms with Gasteiger partial charge in [0, 0.05) is 18.8 Å². The van der Waals surface area contributed by atoms with Crippen LogP contribution in [0, 0.1) is 5.82 Å². The molecule has 1 heterocycles. The topological polar surface area (TPSA) is 46.2 Å². The monoisotopic (exact) mass is 315 g/mol. The summed E-state index contributed by atoms with van der Waals surface area (Å²) >= 11 is 12.0. The van der Waals surface area contributed by atoms with E-state index in [1.54, 1.807) is 19.2 Å². The van der Waals surface area contributed by atoms with Crippen molar-refractivity contribution in [2.75, 3.05) is 24.8 Å². The Morgan fingerprint density at radius 1 is 1.15 bits per heavy atom. The van der Waals surface area contributed by atoms with E-state index in [2.05, 4.69) is 15.6 Å². The van der Waals surface area contributed by atoms with Crippen molar-refractivity contribution < 1.29 is 9.13 Å². The maximum absolute atomic E-state index is 13.6. The molecule has 0 unspecified atom stereocenters. The molecule has 0 saturated carbocycles. The first-order valence-corrected chi connectivity index (χ1v) is 6.45. The number of pyridine rings is 1. The first-order valence-electron chi connectivity index (χ1n) is 5.69. The molecule has 2 rings (SSSR count). The van der Waals surface area contributed by atoms with Crippen LogP contribution in [-0.4, -0.2) is 19.1 Å². The highest BCUT2D eigenvalue weighted by Gasteiger charge is 2.10. The molecule has 0 atom stereocenters. The van der Waals surface area contributed by atoms with Gasteiger partial charge < -0.3 is 15.4 Å². The van der Waals surface area contributed by atoms with Crippen LogP contribution in [-0.2, 0) is 0 Å². The van der Waals surface area contributed by atoms with E-state index in [0.717, 1.165) is 0 Å². The molecule has 2 N–H and O–H groups in total. The van der Waals surface area contributed by atoms with Gasteiger partial charge in [-0.1, -0.05) is 23.2 Å². The highest BCUT2D eigenvalue weighted by Crippen LogP contribution is 2.31. The van der Waals surface area contributed by atoms with Gasteiger partial charge >= 0.3 is 0 Å². The fourth-order valence-corrected chi connectivity index (χ4v) is 2.11. The number of methoxy groups -OCH3 is 1. The number of hydrogen-bond acceptors (Lipinski definition) is 4. The van der Waals surface area contributed by atoms with Gasteiger partial charge in [-0.3, -0.25) is 0 Å². The Hall–Kier alpha value is -1.72. The lowest BCUT2D eigenvalue weighted by Crippen LogP contribution is -2.00. The molecule has 0 saturated heterocycles. The number of benzene rings is 1. The summed E-state index contributed by atoms with van der Waals surface area (Å²) < 4.78 is 18.5. The van der Waals surface area contributed by atoms with Gasteiger partial charge in [0.2, 0.25) is 0 Å². The number of nitrogens with zero attached hydrogens (tertiary/aromatic N) is 1. The molecule has 1 aromatic carbocycles. The van der Waals surface area contributed by atoms with Crippen molar-refractivity contribution >= 4 is 40.5 Å². The smallest absolute Gasteiger partial charge is 0.167 e. The summed E-state index contributed by atoms with van der Waals surface area (Å²) in [6, 6.07) is 6.03. The number of nitrogens with one attached hydrogen (secondary N) is 2. The van der Waals surface area contributed by atoms with Gasteiger partial charge in [0.15, 0.2) is 17.4 Å². The van der Waals surface area contributed by atoms with Gasteiger partial charge in [-0.05, 0) is 18.2 Å². The van der Waals surface area contributed by atoms with E-state index in [1.165, 1.54) is 19.2 Å². The summed E-state index contributed by atoms with van der Waals surface area (Å²) in [4.78, 5) is 4.22. The Bertz CT molecular complexity index is 637. The van der Waals surface area contributed by atoms with Crippen LogP contribution in [0.25, 0.3) is 0 Å². The molecular weight excluding hydrogens is 304 g/mol. The van der Waals surface area contributed by atoms with Crippen LogP contribution in [0.15, 0.2) is 24.3 Å². The molecular formula is C13H12Cl2FN3O. The van der Waals surface area contributed by atoms with Crippen molar-refractivity contribution in [1.82, 2.24) is 4.98 Å². The average molecular weight is 316 g/mol. The Morgan fingerprint density at radius 3 is 2.45 bits per heavy atom. The number of halogens is 3. The summed E-state index contributed by atoms with van der Waals surface area (Å²) in [6.45, 7) is 0. The molecule has 4 nitrogen and oxygen atoms in total. The Morgan fingerprint density at radius 2 is 1.85 bits per heavy atom. The summed E-state index contributed by atoms with van der Waals surface area (Å²) in [6.07, 6.45) is 0. The normalized spacial score (nSPS) is 10.2. The second-order valence-electron chi connectivity index (χ2n) is 3.87. The fraction of sp³-hybridized carbons (Fsp3) is 0.154. The van der Waals surface area contributed by atoms with Gasteiger partial charge in [0.05, 0.1) is 17.2 Å². The molecule has 1 aromatic heterocycles. The number of rotatable bonds is 4. The van der Waals surface area contributed by atoms with E-state index >= 15 is 0 Å². The van der Waals surface area contributed by atoms with Gasteiger partial charge in [0.1, 0.15) is 5.82 Å². The van der Waals surface area contributed by atoms with E-state index < -0.39 is 5.82 Å². The van der Waals surface area contributed by atoms with Crippen LogP contribution in [0.4, 0.5) is 21.7 Å². The predicted molar refractivity (Wildman–Crippen MR) is 80.0 cm³/mol. The molecule has 0 aliphatic carbocycles. The SMILES string of the molecule is CNc1nc(Nc2ccc(OC)c(F)c2)c(Cl)cc1Cl. The zero-order valence-electron chi connectivity index (χ0n) is 10.8. The number of anilines is 3. The minimum Gasteiger partial charge on any atom is -0.494 e. The van der Waals surface area contributed by atoms with Gasteiger partial charge in [-0.25, -0.2) is 9.37 Å². The third-order valence-electron chi connectivity index (χ3n) is 2.58. The van der Waals surface area contributed by atoms with Crippen molar-refractivity contribution in [3.8, 4) is 5.75 Å². The highest BCUT2D eigenvalue weighted by atomic mass is 35.5. The molecule has 7 heteroatoms. The molecule has 106 valence electrons. The Labute approximate surface area is 125 Å². The molecule has 0 bridgehead atoms. The average Bonchev–Trinajstić information content (AvgIpc) is 2.42. The van der Waals surface area contributed by atoms with Crippen LogP contribution in [0.1, 0.15) is 0 Å². The van der Waals surface area contributed by atoms with Crippen LogP contribution >= 0.6 is 23.2 Å². The van der Waals surface area contributed by atoms with Crippen LogP contribution < -0.4 is 15.4 Å². The largest absolute Gasteiger partial charge is 0.494 e. The molecule has 0 fully saturated rings. The predicted octanol–water partition coefficient (Wildman–Crippen LogP) is 4.32. The van der Waals surface area contributed by atoms with E-state index in [1.807, 2.05) is 0 Å². The lowest BCUT2D eigenvalue weighted by molar-refractivity contribution is 0.386. The molecule has 2 aromatic rings. The number of ether oxygens (including phenoxy) is 1. The van der Waals surface area contributed by atoms with Crippen LogP contribution in [0.2, 0.25) is 10.0 Å². The van der Waals surface area contributed by atoms with Crippen LogP contribution in [0.5, 0.6) is 5.75 Å². The van der Waals surface area contributed by atoms with Gasteiger partial charge in [0.25, 0.3) is 0 Å². The maximum Gasteiger partial charge on any atom is 0.167 e. The van der Waals surface area contributed by atoms with Crippen molar-refractivity contribution in [2.24, 2.45) is 0 Å². The molecule has 20 heavy (non-hydrogen) atoms. The zero-order valence-corrected chi connectivity index (χ0v) is 12.3. The number of hydrogen-bond donors (Lipinski definition) is 2. The van der Waals surface area contributed by atoms with E-state index in [0.29, 0.717) is 27.4 Å². The number of aromatic nitrogens is 1. The second kappa shape index (κ2) is 6.15. The lowest BCUT2D eigenvalue weighted by Gasteiger charge is -2.11. The summed E-state index contributed by atoms with van der Waals surface area (Å²) in [5, 5.41) is 6.52. The molecule has 0 spiro atoms. The van der Waals surface area contributed by atoms with E-state index in [4.69, 9.17) is 27.9 Å². The van der Waals surface area contributed by atoms with Crippen molar-refractivity contribution in [3.63, 3.8) is 0 Å². The first-order chi connectivity index (χ1) is 9.55. The molecule has 0 aliphatic rings. The third-order valence-corrected chi connectivity index (χ3v) is 3.16. The fourth-order valence-electron chi connectivity index (χ4n) is 1.61. The lowest BCUT2D eigenvalue weighted by atomic mass is 10.3. The van der Waals surface area contributed by atoms with E-state index in [-0.39, 0.29) is 5.75 Å². The molecule has 0 aliphatic heterocycles. The molecule has 0 amide bonds. The summed E-state index contributed by atoms with van der Waals surface area (Å²) in [5.74, 6) is 0.551. The van der Waals surface area contributed by atoms with Crippen LogP contribution in [0.3, 0.4) is 0 Å². The maximum atomic E-state index is 13.6. The standard InChI is InChI=1S/C13H12Cl2FN3O/c1-17-12-8(14)6-9(15)13(19-12)18-7-3-4-11(20-2)10(16)5-7/h3-6H,1-2H3,(H2,17,18,19).